The lowest BCUT2D eigenvalue weighted by atomic mass is 9.96. The van der Waals surface area contributed by atoms with Crippen LogP contribution in [0.15, 0.2) is 73.0 Å². The first kappa shape index (κ1) is 13.9. The zero-order valence-electron chi connectivity index (χ0n) is 11.3. The highest BCUT2D eigenvalue weighted by atomic mass is 16.5. The average Bonchev–Trinajstić information content (AvgIpc) is 2.53. The molecule has 2 rings (SSSR count). The molecule has 1 unspecified atom stereocenters. The van der Waals surface area contributed by atoms with E-state index in [0.717, 1.165) is 16.7 Å². The predicted molar refractivity (Wildman–Crippen MR) is 83.0 cm³/mol. The second kappa shape index (κ2) is 7.16. The van der Waals surface area contributed by atoms with Crippen molar-refractivity contribution in [2.75, 3.05) is 6.61 Å². The Labute approximate surface area is 120 Å². The maximum Gasteiger partial charge on any atom is 0.117 e. The van der Waals surface area contributed by atoms with Crippen molar-refractivity contribution >= 4 is 5.57 Å². The molecule has 1 nitrogen and oxygen atoms in total. The van der Waals surface area contributed by atoms with Crippen molar-refractivity contribution in [2.24, 2.45) is 0 Å². The van der Waals surface area contributed by atoms with Gasteiger partial charge in [-0.1, -0.05) is 73.2 Å². The molecule has 0 heterocycles. The fourth-order valence-electron chi connectivity index (χ4n) is 2.07. The predicted octanol–water partition coefficient (Wildman–Crippen LogP) is 4.25. The maximum absolute atomic E-state index is 5.81. The lowest BCUT2D eigenvalue weighted by Crippen LogP contribution is -2.07. The molecule has 2 aromatic carbocycles. The van der Waals surface area contributed by atoms with Crippen LogP contribution in [0.5, 0.6) is 0 Å². The molecular formula is C19H16O. The molecule has 0 aliphatic heterocycles. The van der Waals surface area contributed by atoms with Gasteiger partial charge in [0.2, 0.25) is 0 Å². The molecule has 98 valence electrons. The average molecular weight is 260 g/mol. The van der Waals surface area contributed by atoms with Crippen LogP contribution in [0.25, 0.3) is 5.57 Å². The third-order valence-electron chi connectivity index (χ3n) is 2.97. The van der Waals surface area contributed by atoms with Gasteiger partial charge in [0, 0.05) is 5.57 Å². The van der Waals surface area contributed by atoms with Crippen molar-refractivity contribution in [3.63, 3.8) is 0 Å². The van der Waals surface area contributed by atoms with Crippen LogP contribution in [0, 0.1) is 12.3 Å². The highest BCUT2D eigenvalue weighted by Crippen LogP contribution is 2.32. The third-order valence-corrected chi connectivity index (χ3v) is 2.97. The summed E-state index contributed by atoms with van der Waals surface area (Å²) in [4.78, 5) is 0. The quantitative estimate of drug-likeness (QED) is 0.577. The summed E-state index contributed by atoms with van der Waals surface area (Å²) in [6.07, 6.45) is 5.06. The molecule has 1 atom stereocenters. The third kappa shape index (κ3) is 3.28. The zero-order chi connectivity index (χ0) is 14.2. The molecule has 0 saturated heterocycles. The van der Waals surface area contributed by atoms with Crippen LogP contribution in [-0.4, -0.2) is 6.61 Å². The van der Waals surface area contributed by atoms with Gasteiger partial charge in [-0.2, -0.15) is 0 Å². The number of benzene rings is 2. The van der Waals surface area contributed by atoms with Crippen LogP contribution in [0.1, 0.15) is 17.2 Å². The number of hydrogen-bond donors (Lipinski definition) is 0. The van der Waals surface area contributed by atoms with Crippen molar-refractivity contribution in [1.29, 1.82) is 0 Å². The van der Waals surface area contributed by atoms with Crippen molar-refractivity contribution < 1.29 is 4.74 Å². The summed E-state index contributed by atoms with van der Waals surface area (Å²) in [5.74, 6) is 2.51. The molecule has 0 aliphatic carbocycles. The molecule has 20 heavy (non-hydrogen) atoms. The van der Waals surface area contributed by atoms with Gasteiger partial charge in [-0.15, -0.1) is 12.2 Å². The maximum atomic E-state index is 5.81. The molecule has 0 N–H and O–H groups in total. The van der Waals surface area contributed by atoms with Crippen molar-refractivity contribution in [3.8, 4) is 12.3 Å². The van der Waals surface area contributed by atoms with Gasteiger partial charge in [0.25, 0.3) is 0 Å². The molecule has 0 bridgehead atoms. The monoisotopic (exact) mass is 260 g/mol. The van der Waals surface area contributed by atoms with E-state index in [4.69, 9.17) is 11.2 Å². The Kier molecular flexibility index (Phi) is 4.98. The smallest absolute Gasteiger partial charge is 0.117 e. The molecular weight excluding hydrogens is 244 g/mol. The van der Waals surface area contributed by atoms with Gasteiger partial charge in [-0.05, 0) is 11.1 Å². The van der Waals surface area contributed by atoms with E-state index >= 15 is 0 Å². The highest BCUT2D eigenvalue weighted by Gasteiger charge is 2.18. The van der Waals surface area contributed by atoms with Gasteiger partial charge in [0.15, 0.2) is 0 Å². The van der Waals surface area contributed by atoms with Gasteiger partial charge in [-0.25, -0.2) is 0 Å². The molecule has 0 amide bonds. The van der Waals surface area contributed by atoms with Crippen LogP contribution < -0.4 is 0 Å². The van der Waals surface area contributed by atoms with Gasteiger partial charge < -0.3 is 4.74 Å². The van der Waals surface area contributed by atoms with Gasteiger partial charge in [-0.3, -0.25) is 0 Å². The van der Waals surface area contributed by atoms with E-state index in [9.17, 15) is 0 Å². The van der Waals surface area contributed by atoms with E-state index in [2.05, 4.69) is 18.2 Å². The number of rotatable bonds is 5. The van der Waals surface area contributed by atoms with E-state index < -0.39 is 0 Å². The van der Waals surface area contributed by atoms with E-state index in [1.54, 1.807) is 0 Å². The Bertz CT molecular complexity index is 628. The molecule has 1 heteroatoms. The summed E-state index contributed by atoms with van der Waals surface area (Å²) in [5.41, 5.74) is 5.97. The number of ether oxygens (including phenoxy) is 1. The zero-order valence-corrected chi connectivity index (χ0v) is 11.3. The summed E-state index contributed by atoms with van der Waals surface area (Å²) in [6.45, 7) is 4.05. The van der Waals surface area contributed by atoms with Crippen LogP contribution in [0.4, 0.5) is 0 Å². The molecule has 0 saturated carbocycles. The van der Waals surface area contributed by atoms with Crippen molar-refractivity contribution in [2.45, 2.75) is 6.10 Å². The summed E-state index contributed by atoms with van der Waals surface area (Å²) in [6, 6.07) is 19.9. The molecule has 0 spiro atoms. The van der Waals surface area contributed by atoms with Crippen molar-refractivity contribution in [3.05, 3.63) is 84.1 Å². The Morgan fingerprint density at radius 2 is 1.65 bits per heavy atom. The fraction of sp³-hybridized carbons (Fsp3) is 0.105. The van der Waals surface area contributed by atoms with Crippen LogP contribution in [-0.2, 0) is 4.74 Å². The largest absolute Gasteiger partial charge is 0.355 e. The standard InChI is InChI=1S/C19H16O/c1-3-15-20-19(17-13-9-6-10-14-17)18(4-2)16-11-7-5-8-12-16/h1,5-14,19H,2,15H2. The second-order valence-electron chi connectivity index (χ2n) is 4.26. The van der Waals surface area contributed by atoms with Gasteiger partial charge in [0.1, 0.15) is 12.7 Å². The number of hydrogen-bond acceptors (Lipinski definition) is 1. The first-order valence-corrected chi connectivity index (χ1v) is 6.42. The van der Waals surface area contributed by atoms with Crippen LogP contribution in [0.3, 0.4) is 0 Å². The van der Waals surface area contributed by atoms with E-state index in [1.807, 2.05) is 60.7 Å². The minimum absolute atomic E-state index is 0.248. The Hall–Kier alpha value is -2.52. The van der Waals surface area contributed by atoms with Crippen LogP contribution in [0.2, 0.25) is 0 Å². The first-order chi connectivity index (χ1) is 9.86. The fourth-order valence-corrected chi connectivity index (χ4v) is 2.07. The molecule has 2 aromatic rings. The highest BCUT2D eigenvalue weighted by molar-refractivity contribution is 5.69. The Balaban J connectivity index is 2.41. The minimum Gasteiger partial charge on any atom is -0.355 e. The second-order valence-corrected chi connectivity index (χ2v) is 4.26. The normalized spacial score (nSPS) is 11.2. The molecule has 0 aliphatic rings. The summed E-state index contributed by atoms with van der Waals surface area (Å²) < 4.78 is 5.81. The van der Waals surface area contributed by atoms with E-state index in [0.29, 0.717) is 0 Å². The van der Waals surface area contributed by atoms with Gasteiger partial charge in [0.05, 0.1) is 0 Å². The summed E-state index contributed by atoms with van der Waals surface area (Å²) in [7, 11) is 0. The molecule has 0 fully saturated rings. The summed E-state index contributed by atoms with van der Waals surface area (Å²) >= 11 is 0. The van der Waals surface area contributed by atoms with Gasteiger partial charge >= 0.3 is 0 Å². The lowest BCUT2D eigenvalue weighted by molar-refractivity contribution is 0.122. The van der Waals surface area contributed by atoms with Crippen molar-refractivity contribution in [1.82, 2.24) is 0 Å². The topological polar surface area (TPSA) is 9.23 Å². The SMILES string of the molecule is C#CCOC(C(=C=C)c1ccccc1)c1ccccc1. The summed E-state index contributed by atoms with van der Waals surface area (Å²) in [5, 5.41) is 0. The molecule has 0 radical (unpaired) electrons. The lowest BCUT2D eigenvalue weighted by Gasteiger charge is -2.19. The van der Waals surface area contributed by atoms with E-state index in [-0.39, 0.29) is 12.7 Å². The Morgan fingerprint density at radius 3 is 2.20 bits per heavy atom. The molecule has 0 aromatic heterocycles. The first-order valence-electron chi connectivity index (χ1n) is 6.42. The van der Waals surface area contributed by atoms with E-state index in [1.165, 1.54) is 0 Å². The Morgan fingerprint density at radius 1 is 1.05 bits per heavy atom. The number of terminal acetylenes is 1. The van der Waals surface area contributed by atoms with Crippen LogP contribution >= 0.6 is 0 Å². The minimum atomic E-state index is -0.257.